The van der Waals surface area contributed by atoms with Gasteiger partial charge in [0, 0.05) is 5.92 Å². The van der Waals surface area contributed by atoms with Crippen molar-refractivity contribution in [2.24, 2.45) is 0 Å². The fraction of sp³-hybridized carbons (Fsp3) is 0.500. The molecule has 1 saturated carbocycles. The van der Waals surface area contributed by atoms with Crippen molar-refractivity contribution in [2.75, 3.05) is 7.11 Å². The Hall–Kier alpha value is -1.65. The van der Waals surface area contributed by atoms with Crippen molar-refractivity contribution in [1.82, 2.24) is 9.97 Å². The molecular weight excluding hydrogens is 196 g/mol. The van der Waals surface area contributed by atoms with Crippen LogP contribution < -0.4 is 5.56 Å². The largest absolute Gasteiger partial charge is 0.465 e. The van der Waals surface area contributed by atoms with E-state index in [1.165, 1.54) is 7.11 Å². The van der Waals surface area contributed by atoms with Crippen LogP contribution in [0.4, 0.5) is 0 Å². The Balaban J connectivity index is 2.48. The van der Waals surface area contributed by atoms with Gasteiger partial charge in [0.15, 0.2) is 0 Å². The summed E-state index contributed by atoms with van der Waals surface area (Å²) in [6.07, 6.45) is 2.11. The first kappa shape index (κ1) is 9.89. The fourth-order valence-corrected chi connectivity index (χ4v) is 1.50. The molecular formula is C10H12N2O3. The molecule has 5 nitrogen and oxygen atoms in total. The Kier molecular flexibility index (Phi) is 2.30. The molecule has 0 spiro atoms. The zero-order valence-electron chi connectivity index (χ0n) is 8.66. The van der Waals surface area contributed by atoms with Crippen LogP contribution in [0, 0.1) is 6.92 Å². The van der Waals surface area contributed by atoms with Crippen molar-refractivity contribution >= 4 is 5.97 Å². The first-order valence-corrected chi connectivity index (χ1v) is 4.82. The lowest BCUT2D eigenvalue weighted by Gasteiger charge is -2.04. The molecule has 0 unspecified atom stereocenters. The lowest BCUT2D eigenvalue weighted by Crippen LogP contribution is -2.23. The second-order valence-corrected chi connectivity index (χ2v) is 3.68. The lowest BCUT2D eigenvalue weighted by atomic mass is 10.2. The molecule has 0 bridgehead atoms. The Bertz CT molecular complexity index is 460. The molecule has 1 aliphatic rings. The Morgan fingerprint density at radius 3 is 2.67 bits per heavy atom. The van der Waals surface area contributed by atoms with Crippen LogP contribution in [0.1, 0.15) is 40.6 Å². The summed E-state index contributed by atoms with van der Waals surface area (Å²) in [6, 6.07) is 0. The highest BCUT2D eigenvalue weighted by Gasteiger charge is 2.28. The molecule has 0 atom stereocenters. The molecule has 2 rings (SSSR count). The van der Waals surface area contributed by atoms with Crippen molar-refractivity contribution in [3.8, 4) is 0 Å². The van der Waals surface area contributed by atoms with Gasteiger partial charge in [-0.15, -0.1) is 0 Å². The predicted octanol–water partition coefficient (Wildman–Crippen LogP) is 0.742. The lowest BCUT2D eigenvalue weighted by molar-refractivity contribution is 0.0597. The molecule has 0 amide bonds. The van der Waals surface area contributed by atoms with Gasteiger partial charge in [0.25, 0.3) is 5.56 Å². The van der Waals surface area contributed by atoms with Gasteiger partial charge in [0.2, 0.25) is 0 Å². The number of esters is 1. The van der Waals surface area contributed by atoms with Crippen molar-refractivity contribution in [3.05, 3.63) is 27.4 Å². The van der Waals surface area contributed by atoms with Gasteiger partial charge in [0.05, 0.1) is 12.8 Å². The van der Waals surface area contributed by atoms with Gasteiger partial charge >= 0.3 is 5.97 Å². The van der Waals surface area contributed by atoms with E-state index in [9.17, 15) is 9.59 Å². The van der Waals surface area contributed by atoms with E-state index in [1.807, 2.05) is 0 Å². The minimum Gasteiger partial charge on any atom is -0.465 e. The van der Waals surface area contributed by atoms with Gasteiger partial charge in [-0.1, -0.05) is 0 Å². The number of nitrogens with one attached hydrogen (secondary N) is 1. The number of H-pyrrole nitrogens is 1. The third kappa shape index (κ3) is 1.77. The average molecular weight is 208 g/mol. The Labute approximate surface area is 86.5 Å². The van der Waals surface area contributed by atoms with E-state index in [0.29, 0.717) is 17.4 Å². The number of carbonyl (C=O) groups excluding carboxylic acids is 1. The number of hydrogen-bond donors (Lipinski definition) is 1. The molecule has 1 aromatic heterocycles. The molecule has 0 saturated heterocycles. The Morgan fingerprint density at radius 2 is 2.20 bits per heavy atom. The van der Waals surface area contributed by atoms with Gasteiger partial charge in [-0.05, 0) is 19.8 Å². The molecule has 1 aromatic rings. The summed E-state index contributed by atoms with van der Waals surface area (Å²) in [5.74, 6) is 0.414. The van der Waals surface area contributed by atoms with Crippen LogP contribution in [-0.4, -0.2) is 23.0 Å². The third-order valence-corrected chi connectivity index (χ3v) is 2.47. The molecule has 0 aliphatic heterocycles. The average Bonchev–Trinajstić information content (AvgIpc) is 2.99. The van der Waals surface area contributed by atoms with Crippen LogP contribution in [0.5, 0.6) is 0 Å². The molecule has 1 heterocycles. The zero-order chi connectivity index (χ0) is 11.0. The number of ether oxygens (including phenoxy) is 1. The van der Waals surface area contributed by atoms with Gasteiger partial charge in [-0.3, -0.25) is 4.79 Å². The number of hydrogen-bond acceptors (Lipinski definition) is 4. The molecule has 0 aromatic carbocycles. The van der Waals surface area contributed by atoms with Crippen molar-refractivity contribution < 1.29 is 9.53 Å². The smallest absolute Gasteiger partial charge is 0.345 e. The number of aromatic nitrogens is 2. The van der Waals surface area contributed by atoms with Crippen molar-refractivity contribution in [1.29, 1.82) is 0 Å². The van der Waals surface area contributed by atoms with E-state index in [2.05, 4.69) is 14.7 Å². The van der Waals surface area contributed by atoms with Crippen LogP contribution in [0.3, 0.4) is 0 Å². The summed E-state index contributed by atoms with van der Waals surface area (Å²) in [7, 11) is 1.25. The minimum absolute atomic E-state index is 0.00176. The summed E-state index contributed by atoms with van der Waals surface area (Å²) in [5, 5.41) is 0. The van der Waals surface area contributed by atoms with E-state index >= 15 is 0 Å². The number of carbonyl (C=O) groups is 1. The van der Waals surface area contributed by atoms with Gasteiger partial charge in [0.1, 0.15) is 11.4 Å². The highest BCUT2D eigenvalue weighted by Crippen LogP contribution is 2.37. The maximum Gasteiger partial charge on any atom is 0.345 e. The van der Waals surface area contributed by atoms with Gasteiger partial charge in [-0.25, -0.2) is 9.78 Å². The number of nitrogens with zero attached hydrogens (tertiary/aromatic N) is 1. The second kappa shape index (κ2) is 3.49. The molecule has 15 heavy (non-hydrogen) atoms. The van der Waals surface area contributed by atoms with Crippen LogP contribution in [0.15, 0.2) is 4.79 Å². The molecule has 1 fully saturated rings. The topological polar surface area (TPSA) is 72.0 Å². The zero-order valence-corrected chi connectivity index (χ0v) is 8.66. The SMILES string of the molecule is COC(=O)c1c(C)nc(C2CC2)[nH]c1=O. The van der Waals surface area contributed by atoms with Gasteiger partial charge < -0.3 is 9.72 Å². The molecule has 80 valence electrons. The number of methoxy groups -OCH3 is 1. The van der Waals surface area contributed by atoms with E-state index in [1.54, 1.807) is 6.92 Å². The standard InChI is InChI=1S/C10H12N2O3/c1-5-7(10(14)15-2)9(13)12-8(11-5)6-3-4-6/h6H,3-4H2,1-2H3,(H,11,12,13). The van der Waals surface area contributed by atoms with Crippen LogP contribution in [-0.2, 0) is 4.74 Å². The van der Waals surface area contributed by atoms with E-state index in [4.69, 9.17) is 0 Å². The number of aromatic amines is 1. The third-order valence-electron chi connectivity index (χ3n) is 2.47. The summed E-state index contributed by atoms with van der Waals surface area (Å²) in [6.45, 7) is 1.65. The number of rotatable bonds is 2. The second-order valence-electron chi connectivity index (χ2n) is 3.68. The summed E-state index contributed by atoms with van der Waals surface area (Å²) >= 11 is 0. The first-order valence-electron chi connectivity index (χ1n) is 4.82. The molecule has 1 aliphatic carbocycles. The predicted molar refractivity (Wildman–Crippen MR) is 52.9 cm³/mol. The molecule has 0 radical (unpaired) electrons. The molecule has 1 N–H and O–H groups in total. The summed E-state index contributed by atoms with van der Waals surface area (Å²) in [5.41, 5.74) is 0.0330. The fourth-order valence-electron chi connectivity index (χ4n) is 1.50. The maximum atomic E-state index is 11.6. The quantitative estimate of drug-likeness (QED) is 0.727. The van der Waals surface area contributed by atoms with E-state index in [0.717, 1.165) is 12.8 Å². The van der Waals surface area contributed by atoms with Crippen molar-refractivity contribution in [3.63, 3.8) is 0 Å². The van der Waals surface area contributed by atoms with Gasteiger partial charge in [-0.2, -0.15) is 0 Å². The number of aryl methyl sites for hydroxylation is 1. The highest BCUT2D eigenvalue weighted by atomic mass is 16.5. The van der Waals surface area contributed by atoms with E-state index < -0.39 is 11.5 Å². The maximum absolute atomic E-state index is 11.6. The highest BCUT2D eigenvalue weighted by molar-refractivity contribution is 5.89. The molecule has 5 heteroatoms. The van der Waals surface area contributed by atoms with Crippen LogP contribution >= 0.6 is 0 Å². The van der Waals surface area contributed by atoms with Crippen molar-refractivity contribution in [2.45, 2.75) is 25.7 Å². The minimum atomic E-state index is -0.636. The normalized spacial score (nSPS) is 15.1. The van der Waals surface area contributed by atoms with E-state index in [-0.39, 0.29) is 5.56 Å². The monoisotopic (exact) mass is 208 g/mol. The first-order chi connectivity index (χ1) is 7.13. The Morgan fingerprint density at radius 1 is 1.53 bits per heavy atom. The summed E-state index contributed by atoms with van der Waals surface area (Å²) in [4.78, 5) is 29.7. The van der Waals surface area contributed by atoms with Crippen LogP contribution in [0.25, 0.3) is 0 Å². The van der Waals surface area contributed by atoms with Crippen LogP contribution in [0.2, 0.25) is 0 Å². The summed E-state index contributed by atoms with van der Waals surface area (Å²) < 4.78 is 4.51.